The Balaban J connectivity index is 2.53. The van der Waals surface area contributed by atoms with Gasteiger partial charge in [-0.2, -0.15) is 0 Å². The molecule has 0 bridgehead atoms. The van der Waals surface area contributed by atoms with Crippen LogP contribution in [0.3, 0.4) is 0 Å². The quantitative estimate of drug-likeness (QED) is 0.758. The van der Waals surface area contributed by atoms with Crippen LogP contribution in [-0.4, -0.2) is 5.78 Å². The highest BCUT2D eigenvalue weighted by Crippen LogP contribution is 2.23. The molecule has 0 amide bonds. The highest BCUT2D eigenvalue weighted by atomic mass is 35.5. The molecule has 0 saturated carbocycles. The van der Waals surface area contributed by atoms with Crippen LogP contribution < -0.4 is 0 Å². The lowest BCUT2D eigenvalue weighted by Crippen LogP contribution is -2.04. The van der Waals surface area contributed by atoms with Crippen LogP contribution in [0.4, 0.5) is 0 Å². The smallest absolute Gasteiger partial charge is 0.137 e. The highest BCUT2D eigenvalue weighted by molar-refractivity contribution is 6.42. The minimum atomic E-state index is 0.257. The van der Waals surface area contributed by atoms with Gasteiger partial charge in [0.2, 0.25) is 0 Å². The molecule has 0 aliphatic carbocycles. The van der Waals surface area contributed by atoms with E-state index in [4.69, 9.17) is 23.2 Å². The van der Waals surface area contributed by atoms with Crippen LogP contribution in [0.15, 0.2) is 18.2 Å². The molecule has 0 aromatic heterocycles. The van der Waals surface area contributed by atoms with Crippen molar-refractivity contribution >= 4 is 29.0 Å². The summed E-state index contributed by atoms with van der Waals surface area (Å²) in [4.78, 5) is 11.6. The predicted molar refractivity (Wildman–Crippen MR) is 69.2 cm³/mol. The molecule has 0 spiro atoms. The summed E-state index contributed by atoms with van der Waals surface area (Å²) in [6.07, 6.45) is 2.03. The number of rotatable bonds is 5. The average Bonchev–Trinajstić information content (AvgIpc) is 2.21. The maximum absolute atomic E-state index is 11.6. The third-order valence-electron chi connectivity index (χ3n) is 2.39. The van der Waals surface area contributed by atoms with Crippen LogP contribution in [0.2, 0.25) is 10.0 Å². The second-order valence-electron chi connectivity index (χ2n) is 4.40. The van der Waals surface area contributed by atoms with E-state index in [1.807, 2.05) is 6.07 Å². The van der Waals surface area contributed by atoms with Crippen LogP contribution in [-0.2, 0) is 11.2 Å². The second-order valence-corrected chi connectivity index (χ2v) is 5.21. The van der Waals surface area contributed by atoms with Crippen molar-refractivity contribution in [3.8, 4) is 0 Å². The lowest BCUT2D eigenvalue weighted by atomic mass is 10.0. The van der Waals surface area contributed by atoms with Crippen LogP contribution in [0.5, 0.6) is 0 Å². The van der Waals surface area contributed by atoms with E-state index in [0.717, 1.165) is 12.0 Å². The van der Waals surface area contributed by atoms with E-state index in [2.05, 4.69) is 13.8 Å². The standard InChI is InChI=1S/C13H16Cl2O/c1-9(2)3-5-11(16)7-10-4-6-12(14)13(15)8-10/h4,6,8-9H,3,5,7H2,1-2H3. The maximum atomic E-state index is 11.6. The van der Waals surface area contributed by atoms with Crippen LogP contribution in [0, 0.1) is 5.92 Å². The minimum Gasteiger partial charge on any atom is -0.299 e. The van der Waals surface area contributed by atoms with Gasteiger partial charge in [0, 0.05) is 12.8 Å². The molecule has 1 rings (SSSR count). The molecule has 0 fully saturated rings. The topological polar surface area (TPSA) is 17.1 Å². The second kappa shape index (κ2) is 6.27. The Morgan fingerprint density at radius 3 is 2.50 bits per heavy atom. The van der Waals surface area contributed by atoms with Gasteiger partial charge in [0.15, 0.2) is 0 Å². The molecule has 0 N–H and O–H groups in total. The first kappa shape index (κ1) is 13.5. The molecule has 0 aliphatic rings. The molecule has 0 radical (unpaired) electrons. The number of benzene rings is 1. The predicted octanol–water partition coefficient (Wildman–Crippen LogP) is 4.54. The molecular formula is C13H16Cl2O. The van der Waals surface area contributed by atoms with Gasteiger partial charge in [0.25, 0.3) is 0 Å². The van der Waals surface area contributed by atoms with Crippen molar-refractivity contribution in [1.82, 2.24) is 0 Å². The number of halogens is 2. The summed E-state index contributed by atoms with van der Waals surface area (Å²) < 4.78 is 0. The third kappa shape index (κ3) is 4.54. The van der Waals surface area contributed by atoms with Gasteiger partial charge in [-0.05, 0) is 30.0 Å². The first-order valence-corrected chi connectivity index (χ1v) is 6.20. The summed E-state index contributed by atoms with van der Waals surface area (Å²) >= 11 is 11.7. The lowest BCUT2D eigenvalue weighted by Gasteiger charge is -2.05. The van der Waals surface area contributed by atoms with Crippen LogP contribution in [0.25, 0.3) is 0 Å². The SMILES string of the molecule is CC(C)CCC(=O)Cc1ccc(Cl)c(Cl)c1. The molecule has 88 valence electrons. The number of Topliss-reactive ketones (excluding diaryl/α,β-unsaturated/α-hetero) is 1. The fourth-order valence-electron chi connectivity index (χ4n) is 1.42. The highest BCUT2D eigenvalue weighted by Gasteiger charge is 2.06. The van der Waals surface area contributed by atoms with Crippen molar-refractivity contribution < 1.29 is 4.79 Å². The van der Waals surface area contributed by atoms with Gasteiger partial charge in [-0.3, -0.25) is 4.79 Å². The van der Waals surface area contributed by atoms with Gasteiger partial charge in [-0.1, -0.05) is 43.1 Å². The van der Waals surface area contributed by atoms with Crippen molar-refractivity contribution in [3.05, 3.63) is 33.8 Å². The number of carbonyl (C=O) groups excluding carboxylic acids is 1. The molecule has 1 aromatic rings. The van der Waals surface area contributed by atoms with E-state index in [9.17, 15) is 4.79 Å². The summed E-state index contributed by atoms with van der Waals surface area (Å²) in [7, 11) is 0. The Morgan fingerprint density at radius 1 is 1.25 bits per heavy atom. The molecule has 1 aromatic carbocycles. The molecule has 0 aliphatic heterocycles. The first-order valence-electron chi connectivity index (χ1n) is 5.44. The van der Waals surface area contributed by atoms with Gasteiger partial charge in [0.05, 0.1) is 10.0 Å². The van der Waals surface area contributed by atoms with E-state index in [-0.39, 0.29) is 5.78 Å². The maximum Gasteiger partial charge on any atom is 0.137 e. The molecule has 0 unspecified atom stereocenters. The third-order valence-corrected chi connectivity index (χ3v) is 3.12. The van der Waals surface area contributed by atoms with E-state index >= 15 is 0 Å². The fraction of sp³-hybridized carbons (Fsp3) is 0.462. The van der Waals surface area contributed by atoms with Crippen molar-refractivity contribution in [2.45, 2.75) is 33.1 Å². The fourth-order valence-corrected chi connectivity index (χ4v) is 1.74. The molecule has 16 heavy (non-hydrogen) atoms. The largest absolute Gasteiger partial charge is 0.299 e. The number of hydrogen-bond donors (Lipinski definition) is 0. The Bertz CT molecular complexity index is 372. The Hall–Kier alpha value is -0.530. The van der Waals surface area contributed by atoms with Crippen molar-refractivity contribution in [3.63, 3.8) is 0 Å². The van der Waals surface area contributed by atoms with Crippen molar-refractivity contribution in [1.29, 1.82) is 0 Å². The summed E-state index contributed by atoms with van der Waals surface area (Å²) in [5.41, 5.74) is 0.933. The normalized spacial score (nSPS) is 10.8. The molecule has 0 heterocycles. The first-order chi connectivity index (χ1) is 7.49. The zero-order valence-electron chi connectivity index (χ0n) is 9.59. The number of hydrogen-bond acceptors (Lipinski definition) is 1. The Labute approximate surface area is 107 Å². The lowest BCUT2D eigenvalue weighted by molar-refractivity contribution is -0.118. The van der Waals surface area contributed by atoms with Crippen LogP contribution >= 0.6 is 23.2 Å². The zero-order chi connectivity index (χ0) is 12.1. The van der Waals surface area contributed by atoms with E-state index in [1.165, 1.54) is 0 Å². The summed E-state index contributed by atoms with van der Waals surface area (Å²) in [5, 5.41) is 1.04. The molecule has 3 heteroatoms. The van der Waals surface area contributed by atoms with Crippen molar-refractivity contribution in [2.24, 2.45) is 5.92 Å². The van der Waals surface area contributed by atoms with Gasteiger partial charge in [-0.15, -0.1) is 0 Å². The summed E-state index contributed by atoms with van der Waals surface area (Å²) in [6, 6.07) is 5.34. The average molecular weight is 259 g/mol. The minimum absolute atomic E-state index is 0.257. The summed E-state index contributed by atoms with van der Waals surface area (Å²) in [5.74, 6) is 0.824. The molecule has 0 atom stereocenters. The Kier molecular flexibility index (Phi) is 5.30. The van der Waals surface area contributed by atoms with Gasteiger partial charge in [0.1, 0.15) is 5.78 Å². The zero-order valence-corrected chi connectivity index (χ0v) is 11.1. The van der Waals surface area contributed by atoms with Crippen LogP contribution in [0.1, 0.15) is 32.3 Å². The van der Waals surface area contributed by atoms with E-state index < -0.39 is 0 Å². The number of carbonyl (C=O) groups is 1. The van der Waals surface area contributed by atoms with E-state index in [1.54, 1.807) is 12.1 Å². The monoisotopic (exact) mass is 258 g/mol. The summed E-state index contributed by atoms with van der Waals surface area (Å²) in [6.45, 7) is 4.23. The Morgan fingerprint density at radius 2 is 1.94 bits per heavy atom. The molecular weight excluding hydrogens is 243 g/mol. The van der Waals surface area contributed by atoms with Gasteiger partial charge < -0.3 is 0 Å². The number of ketones is 1. The molecule has 0 saturated heterocycles. The van der Waals surface area contributed by atoms with E-state index in [0.29, 0.717) is 28.8 Å². The van der Waals surface area contributed by atoms with Gasteiger partial charge >= 0.3 is 0 Å². The molecule has 1 nitrogen and oxygen atoms in total. The van der Waals surface area contributed by atoms with Crippen molar-refractivity contribution in [2.75, 3.05) is 0 Å². The van der Waals surface area contributed by atoms with Gasteiger partial charge in [-0.25, -0.2) is 0 Å².